The molecule has 1 fully saturated rings. The zero-order chi connectivity index (χ0) is 14.8. The molecule has 2 atom stereocenters. The molecule has 19 heavy (non-hydrogen) atoms. The van der Waals surface area contributed by atoms with Crippen LogP contribution in [0.5, 0.6) is 0 Å². The maximum absolute atomic E-state index is 11.9. The van der Waals surface area contributed by atoms with E-state index in [9.17, 15) is 19.5 Å². The lowest BCUT2D eigenvalue weighted by Crippen LogP contribution is -2.47. The van der Waals surface area contributed by atoms with Crippen LogP contribution in [-0.2, 0) is 19.1 Å². The molecule has 0 saturated carbocycles. The van der Waals surface area contributed by atoms with Gasteiger partial charge in [0.05, 0.1) is 13.0 Å². The molecule has 0 bridgehead atoms. The van der Waals surface area contributed by atoms with E-state index in [4.69, 9.17) is 4.74 Å². The summed E-state index contributed by atoms with van der Waals surface area (Å²) in [5.74, 6) is -2.72. The first kappa shape index (κ1) is 15.3. The largest absolute Gasteiger partial charge is 0.480 e. The van der Waals surface area contributed by atoms with E-state index >= 15 is 0 Å². The van der Waals surface area contributed by atoms with E-state index in [1.807, 2.05) is 0 Å². The minimum atomic E-state index is -1.24. The number of aliphatic carboxylic acids is 1. The van der Waals surface area contributed by atoms with Gasteiger partial charge in [0.1, 0.15) is 11.6 Å². The first-order valence-electron chi connectivity index (χ1n) is 5.97. The smallest absolute Gasteiger partial charge is 0.411 e. The van der Waals surface area contributed by atoms with E-state index in [0.29, 0.717) is 0 Å². The van der Waals surface area contributed by atoms with Crippen molar-refractivity contribution in [2.75, 3.05) is 13.7 Å². The number of carbonyl (C=O) groups excluding carboxylic acids is 2. The number of esters is 1. The van der Waals surface area contributed by atoms with Gasteiger partial charge in [-0.3, -0.25) is 9.69 Å². The zero-order valence-electron chi connectivity index (χ0n) is 11.5. The Morgan fingerprint density at radius 3 is 2.26 bits per heavy atom. The molecule has 0 unspecified atom stereocenters. The molecule has 1 saturated heterocycles. The number of nitrogens with zero attached hydrogens (tertiary/aromatic N) is 1. The number of amides is 1. The molecular weight excluding hydrogens is 254 g/mol. The van der Waals surface area contributed by atoms with Gasteiger partial charge >= 0.3 is 18.0 Å². The number of hydrogen-bond donors (Lipinski definition) is 1. The molecule has 1 rings (SSSR count). The lowest BCUT2D eigenvalue weighted by molar-refractivity contribution is -0.153. The van der Waals surface area contributed by atoms with E-state index in [-0.39, 0.29) is 13.0 Å². The van der Waals surface area contributed by atoms with Crippen molar-refractivity contribution < 1.29 is 29.0 Å². The van der Waals surface area contributed by atoms with Gasteiger partial charge in [0.15, 0.2) is 0 Å². The standard InChI is InChI=1S/C12H19NO6/c1-12(2,3)19-11(17)13-6-5-7(10(16)18-4)8(13)9(14)15/h7-8H,5-6H2,1-4H3,(H,14,15)/t7-,8-/m1/s1. The first-order chi connectivity index (χ1) is 8.67. The molecule has 0 aromatic rings. The molecule has 0 aromatic carbocycles. The van der Waals surface area contributed by atoms with Crippen LogP contribution in [0, 0.1) is 5.92 Å². The third kappa shape index (κ3) is 3.59. The van der Waals surface area contributed by atoms with Gasteiger partial charge in [0.25, 0.3) is 0 Å². The predicted octanol–water partition coefficient (Wildman–Crippen LogP) is 0.870. The highest BCUT2D eigenvalue weighted by Crippen LogP contribution is 2.27. The molecule has 0 spiro atoms. The van der Waals surface area contributed by atoms with Gasteiger partial charge in [0, 0.05) is 6.54 Å². The summed E-state index contributed by atoms with van der Waals surface area (Å²) in [6.07, 6.45) is -0.477. The molecule has 1 N–H and O–H groups in total. The fraction of sp³-hybridized carbons (Fsp3) is 0.750. The second-order valence-electron chi connectivity index (χ2n) is 5.38. The Kier molecular flexibility index (Phi) is 4.39. The van der Waals surface area contributed by atoms with Gasteiger partial charge in [-0.2, -0.15) is 0 Å². The number of carboxylic acid groups (broad SMARTS) is 1. The third-order valence-corrected chi connectivity index (χ3v) is 2.78. The van der Waals surface area contributed by atoms with Crippen LogP contribution in [0.25, 0.3) is 0 Å². The molecule has 1 aliphatic rings. The molecule has 7 heteroatoms. The lowest BCUT2D eigenvalue weighted by Gasteiger charge is -2.27. The average molecular weight is 273 g/mol. The van der Waals surface area contributed by atoms with E-state index in [1.165, 1.54) is 7.11 Å². The fourth-order valence-corrected chi connectivity index (χ4v) is 2.02. The Hall–Kier alpha value is -1.79. The van der Waals surface area contributed by atoms with Crippen LogP contribution in [-0.4, -0.2) is 53.3 Å². The van der Waals surface area contributed by atoms with Crippen molar-refractivity contribution in [3.05, 3.63) is 0 Å². The molecule has 0 aromatic heterocycles. The van der Waals surface area contributed by atoms with Gasteiger partial charge in [-0.1, -0.05) is 0 Å². The Balaban J connectivity index is 2.88. The molecule has 7 nitrogen and oxygen atoms in total. The highest BCUT2D eigenvalue weighted by atomic mass is 16.6. The van der Waals surface area contributed by atoms with Crippen LogP contribution in [0.3, 0.4) is 0 Å². The molecule has 108 valence electrons. The lowest BCUT2D eigenvalue weighted by atomic mass is 10.0. The summed E-state index contributed by atoms with van der Waals surface area (Å²) in [5, 5.41) is 9.19. The maximum atomic E-state index is 11.9. The van der Waals surface area contributed by atoms with E-state index < -0.39 is 35.6 Å². The van der Waals surface area contributed by atoms with E-state index in [2.05, 4.69) is 4.74 Å². The number of likely N-dealkylation sites (tertiary alicyclic amines) is 1. The Morgan fingerprint density at radius 1 is 1.26 bits per heavy atom. The van der Waals surface area contributed by atoms with Crippen molar-refractivity contribution in [1.82, 2.24) is 4.90 Å². The number of ether oxygens (including phenoxy) is 2. The molecule has 0 aliphatic carbocycles. The second-order valence-corrected chi connectivity index (χ2v) is 5.38. The highest BCUT2D eigenvalue weighted by molar-refractivity contribution is 5.88. The molecular formula is C12H19NO6. The number of hydrogen-bond acceptors (Lipinski definition) is 5. The van der Waals surface area contributed by atoms with Crippen LogP contribution >= 0.6 is 0 Å². The number of carboxylic acids is 1. The van der Waals surface area contributed by atoms with Crippen LogP contribution in [0.1, 0.15) is 27.2 Å². The van der Waals surface area contributed by atoms with Crippen molar-refractivity contribution in [3.63, 3.8) is 0 Å². The van der Waals surface area contributed by atoms with Crippen molar-refractivity contribution in [2.24, 2.45) is 5.92 Å². The molecule has 1 aliphatic heterocycles. The monoisotopic (exact) mass is 273 g/mol. The van der Waals surface area contributed by atoms with Crippen molar-refractivity contribution >= 4 is 18.0 Å². The summed E-state index contributed by atoms with van der Waals surface area (Å²) in [4.78, 5) is 35.8. The highest BCUT2D eigenvalue weighted by Gasteiger charge is 2.47. The number of carbonyl (C=O) groups is 3. The molecule has 0 radical (unpaired) electrons. The number of methoxy groups -OCH3 is 1. The van der Waals surface area contributed by atoms with Gasteiger partial charge in [-0.05, 0) is 27.2 Å². The van der Waals surface area contributed by atoms with Crippen LogP contribution in [0.4, 0.5) is 4.79 Å². The summed E-state index contributed by atoms with van der Waals surface area (Å²) in [7, 11) is 1.19. The van der Waals surface area contributed by atoms with Gasteiger partial charge in [-0.25, -0.2) is 9.59 Å². The average Bonchev–Trinajstić information content (AvgIpc) is 2.70. The van der Waals surface area contributed by atoms with E-state index in [0.717, 1.165) is 4.90 Å². The molecule has 1 heterocycles. The maximum Gasteiger partial charge on any atom is 0.411 e. The SMILES string of the molecule is COC(=O)[C@@H]1CCN(C(=O)OC(C)(C)C)[C@H]1C(=O)O. The van der Waals surface area contributed by atoms with Gasteiger partial charge in [-0.15, -0.1) is 0 Å². The Morgan fingerprint density at radius 2 is 1.84 bits per heavy atom. The summed E-state index contributed by atoms with van der Waals surface area (Å²) in [6.45, 7) is 5.23. The normalized spacial score (nSPS) is 23.1. The molecule has 1 amide bonds. The van der Waals surface area contributed by atoms with Crippen LogP contribution < -0.4 is 0 Å². The first-order valence-corrected chi connectivity index (χ1v) is 5.97. The van der Waals surface area contributed by atoms with E-state index in [1.54, 1.807) is 20.8 Å². The fourth-order valence-electron chi connectivity index (χ4n) is 2.02. The third-order valence-electron chi connectivity index (χ3n) is 2.78. The Bertz CT molecular complexity index is 386. The van der Waals surface area contributed by atoms with Gasteiger partial charge < -0.3 is 14.6 Å². The topological polar surface area (TPSA) is 93.1 Å². The minimum absolute atomic E-state index is 0.158. The quantitative estimate of drug-likeness (QED) is 0.750. The Labute approximate surface area is 111 Å². The van der Waals surface area contributed by atoms with Crippen molar-refractivity contribution in [1.29, 1.82) is 0 Å². The predicted molar refractivity (Wildman–Crippen MR) is 64.5 cm³/mol. The van der Waals surface area contributed by atoms with Crippen molar-refractivity contribution in [2.45, 2.75) is 38.8 Å². The van der Waals surface area contributed by atoms with Crippen molar-refractivity contribution in [3.8, 4) is 0 Å². The zero-order valence-corrected chi connectivity index (χ0v) is 11.5. The van der Waals surface area contributed by atoms with Crippen LogP contribution in [0.15, 0.2) is 0 Å². The summed E-state index contributed by atoms with van der Waals surface area (Å²) >= 11 is 0. The van der Waals surface area contributed by atoms with Gasteiger partial charge in [0.2, 0.25) is 0 Å². The second kappa shape index (κ2) is 5.46. The summed E-state index contributed by atoms with van der Waals surface area (Å²) in [5.41, 5.74) is -0.719. The summed E-state index contributed by atoms with van der Waals surface area (Å²) < 4.78 is 9.70. The summed E-state index contributed by atoms with van der Waals surface area (Å²) in [6, 6.07) is -1.23. The number of rotatable bonds is 2. The van der Waals surface area contributed by atoms with Crippen LogP contribution in [0.2, 0.25) is 0 Å². The minimum Gasteiger partial charge on any atom is -0.480 e.